The number of imidazole rings is 1. The maximum Gasteiger partial charge on any atom is 0.260 e. The first kappa shape index (κ1) is 20.0. The summed E-state index contributed by atoms with van der Waals surface area (Å²) in [6, 6.07) is 5.66. The Morgan fingerprint density at radius 2 is 1.97 bits per heavy atom. The number of amides is 1. The molecule has 2 aromatic heterocycles. The van der Waals surface area contributed by atoms with Crippen LogP contribution in [-0.4, -0.2) is 50.0 Å². The topological polar surface area (TPSA) is 73.1 Å². The van der Waals surface area contributed by atoms with Crippen LogP contribution >= 0.6 is 0 Å². The molecule has 1 aliphatic heterocycles. The number of rotatable bonds is 6. The Hall–Kier alpha value is -3.29. The maximum absolute atomic E-state index is 13.0. The third-order valence-corrected chi connectivity index (χ3v) is 5.36. The van der Waals surface area contributed by atoms with Crippen LogP contribution in [-0.2, 0) is 11.2 Å². The van der Waals surface area contributed by atoms with Crippen molar-refractivity contribution in [3.63, 3.8) is 0 Å². The Labute approximate surface area is 174 Å². The zero-order valence-corrected chi connectivity index (χ0v) is 16.9. The largest absolute Gasteiger partial charge is 0.484 e. The van der Waals surface area contributed by atoms with Gasteiger partial charge in [0.15, 0.2) is 12.4 Å². The zero-order chi connectivity index (χ0) is 20.9. The van der Waals surface area contributed by atoms with Crippen LogP contribution in [0.3, 0.4) is 0 Å². The summed E-state index contributed by atoms with van der Waals surface area (Å²) < 4.78 is 20.4. The van der Waals surface area contributed by atoms with E-state index >= 15 is 0 Å². The Morgan fingerprint density at radius 3 is 2.70 bits per heavy atom. The Kier molecular flexibility index (Phi) is 6.02. The Bertz CT molecular complexity index is 997. The lowest BCUT2D eigenvalue weighted by molar-refractivity contribution is -0.134. The predicted molar refractivity (Wildman–Crippen MR) is 109 cm³/mol. The van der Waals surface area contributed by atoms with Crippen molar-refractivity contribution >= 4 is 5.91 Å². The number of aryl methyl sites for hydroxylation is 1. The molecule has 4 rings (SSSR count). The lowest BCUT2D eigenvalue weighted by Gasteiger charge is -2.31. The van der Waals surface area contributed by atoms with Gasteiger partial charge < -0.3 is 9.64 Å². The van der Waals surface area contributed by atoms with E-state index in [1.54, 1.807) is 12.4 Å². The smallest absolute Gasteiger partial charge is 0.260 e. The number of halogens is 1. The minimum Gasteiger partial charge on any atom is -0.484 e. The molecule has 7 nitrogen and oxygen atoms in total. The minimum atomic E-state index is -0.332. The summed E-state index contributed by atoms with van der Waals surface area (Å²) in [5, 5.41) is 0. The first-order valence-electron chi connectivity index (χ1n) is 10.1. The number of hydrogen-bond donors (Lipinski definition) is 0. The fraction of sp³-hybridized carbons (Fsp3) is 0.364. The molecule has 0 radical (unpaired) electrons. The van der Waals surface area contributed by atoms with Crippen molar-refractivity contribution in [2.75, 3.05) is 19.7 Å². The van der Waals surface area contributed by atoms with Gasteiger partial charge >= 0.3 is 0 Å². The van der Waals surface area contributed by atoms with Gasteiger partial charge in [0.2, 0.25) is 0 Å². The molecule has 8 heteroatoms. The van der Waals surface area contributed by atoms with E-state index in [9.17, 15) is 9.18 Å². The number of aromatic nitrogens is 4. The van der Waals surface area contributed by atoms with Gasteiger partial charge in [-0.05, 0) is 37.1 Å². The average Bonchev–Trinajstić information content (AvgIpc) is 3.28. The van der Waals surface area contributed by atoms with Crippen molar-refractivity contribution in [1.82, 2.24) is 24.4 Å². The molecule has 3 heterocycles. The summed E-state index contributed by atoms with van der Waals surface area (Å²) in [6.45, 7) is 3.30. The molecule has 0 atom stereocenters. The zero-order valence-electron chi connectivity index (χ0n) is 16.9. The summed E-state index contributed by atoms with van der Waals surface area (Å²) in [7, 11) is 0. The highest BCUT2D eigenvalue weighted by Gasteiger charge is 2.25. The van der Waals surface area contributed by atoms with Crippen LogP contribution in [0.4, 0.5) is 4.39 Å². The summed E-state index contributed by atoms with van der Waals surface area (Å²) in [5.74, 6) is 2.06. The van der Waals surface area contributed by atoms with E-state index < -0.39 is 0 Å². The maximum atomic E-state index is 13.0. The molecule has 1 aromatic carbocycles. The van der Waals surface area contributed by atoms with Crippen LogP contribution in [0.25, 0.3) is 5.82 Å². The second-order valence-corrected chi connectivity index (χ2v) is 7.27. The van der Waals surface area contributed by atoms with Gasteiger partial charge in [0.05, 0.1) is 11.9 Å². The number of benzene rings is 1. The van der Waals surface area contributed by atoms with E-state index in [1.807, 2.05) is 21.9 Å². The van der Waals surface area contributed by atoms with E-state index in [-0.39, 0.29) is 24.2 Å². The quantitative estimate of drug-likeness (QED) is 0.625. The molecular weight excluding hydrogens is 385 g/mol. The number of carbonyl (C=O) groups excluding carboxylic acids is 1. The van der Waals surface area contributed by atoms with Crippen LogP contribution in [0.2, 0.25) is 0 Å². The van der Waals surface area contributed by atoms with Gasteiger partial charge in [-0.3, -0.25) is 14.3 Å². The molecule has 0 spiro atoms. The van der Waals surface area contributed by atoms with Gasteiger partial charge in [0, 0.05) is 44.0 Å². The Balaban J connectivity index is 1.33. The van der Waals surface area contributed by atoms with Crippen LogP contribution in [0.5, 0.6) is 5.75 Å². The number of hydrogen-bond acceptors (Lipinski definition) is 5. The number of likely N-dealkylation sites (tertiary alicyclic amines) is 1. The highest BCUT2D eigenvalue weighted by Crippen LogP contribution is 2.27. The van der Waals surface area contributed by atoms with E-state index in [2.05, 4.69) is 16.9 Å². The second kappa shape index (κ2) is 9.02. The third kappa shape index (κ3) is 4.48. The Morgan fingerprint density at radius 1 is 1.20 bits per heavy atom. The standard InChI is InChI=1S/C22H24FN5O2/c1-2-20-25-9-12-28(20)21-14-24-13-19(26-21)16-7-10-27(11-8-16)22(29)15-30-18-5-3-17(23)4-6-18/h3-6,9,12-14,16H,2,7-8,10-11,15H2,1H3. The van der Waals surface area contributed by atoms with Crippen LogP contribution in [0, 0.1) is 5.82 Å². The van der Waals surface area contributed by atoms with E-state index in [4.69, 9.17) is 9.72 Å². The normalized spacial score (nSPS) is 14.7. The molecule has 1 aliphatic rings. The molecule has 30 heavy (non-hydrogen) atoms. The van der Waals surface area contributed by atoms with Gasteiger partial charge in [0.25, 0.3) is 5.91 Å². The molecular formula is C22H24FN5O2. The average molecular weight is 409 g/mol. The molecule has 0 unspecified atom stereocenters. The van der Waals surface area contributed by atoms with Gasteiger partial charge in [-0.2, -0.15) is 0 Å². The number of piperidine rings is 1. The second-order valence-electron chi connectivity index (χ2n) is 7.27. The van der Waals surface area contributed by atoms with Gasteiger partial charge in [-0.15, -0.1) is 0 Å². The summed E-state index contributed by atoms with van der Waals surface area (Å²) in [5.41, 5.74) is 0.943. The van der Waals surface area contributed by atoms with E-state index in [0.717, 1.165) is 36.6 Å². The highest BCUT2D eigenvalue weighted by molar-refractivity contribution is 5.77. The first-order valence-corrected chi connectivity index (χ1v) is 10.1. The minimum absolute atomic E-state index is 0.0496. The van der Waals surface area contributed by atoms with Gasteiger partial charge in [0.1, 0.15) is 17.4 Å². The summed E-state index contributed by atoms with van der Waals surface area (Å²) in [6.07, 6.45) is 9.69. The lowest BCUT2D eigenvalue weighted by atomic mass is 9.94. The SMILES string of the molecule is CCc1nccn1-c1cncc(C2CCN(C(=O)COc3ccc(F)cc3)CC2)n1. The van der Waals surface area contributed by atoms with Crippen molar-refractivity contribution in [3.8, 4) is 11.6 Å². The molecule has 0 saturated carbocycles. The number of nitrogens with zero attached hydrogens (tertiary/aromatic N) is 5. The van der Waals surface area contributed by atoms with Gasteiger partial charge in [-0.25, -0.2) is 14.4 Å². The van der Waals surface area contributed by atoms with Crippen molar-refractivity contribution in [2.24, 2.45) is 0 Å². The third-order valence-electron chi connectivity index (χ3n) is 5.36. The van der Waals surface area contributed by atoms with E-state index in [0.29, 0.717) is 18.8 Å². The molecule has 3 aromatic rings. The predicted octanol–water partition coefficient (Wildman–Crippen LogP) is 3.15. The highest BCUT2D eigenvalue weighted by atomic mass is 19.1. The number of ether oxygens (including phenoxy) is 1. The molecule has 156 valence electrons. The van der Waals surface area contributed by atoms with E-state index in [1.165, 1.54) is 24.3 Å². The summed E-state index contributed by atoms with van der Waals surface area (Å²) in [4.78, 5) is 27.8. The van der Waals surface area contributed by atoms with Crippen molar-refractivity contribution in [2.45, 2.75) is 32.1 Å². The molecule has 1 saturated heterocycles. The lowest BCUT2D eigenvalue weighted by Crippen LogP contribution is -2.40. The van der Waals surface area contributed by atoms with Crippen LogP contribution in [0.15, 0.2) is 49.1 Å². The van der Waals surface area contributed by atoms with Crippen molar-refractivity contribution in [1.29, 1.82) is 0 Å². The van der Waals surface area contributed by atoms with Crippen molar-refractivity contribution in [3.05, 3.63) is 66.4 Å². The van der Waals surface area contributed by atoms with Crippen LogP contribution < -0.4 is 4.74 Å². The number of carbonyl (C=O) groups is 1. The first-order chi connectivity index (χ1) is 14.6. The monoisotopic (exact) mass is 409 g/mol. The molecule has 1 amide bonds. The molecule has 0 bridgehead atoms. The molecule has 1 fully saturated rings. The van der Waals surface area contributed by atoms with Gasteiger partial charge in [-0.1, -0.05) is 6.92 Å². The fourth-order valence-electron chi connectivity index (χ4n) is 3.68. The molecule has 0 aliphatic carbocycles. The fourth-order valence-corrected chi connectivity index (χ4v) is 3.68. The molecule has 0 N–H and O–H groups in total. The summed E-state index contributed by atoms with van der Waals surface area (Å²) >= 11 is 0. The van der Waals surface area contributed by atoms with Crippen molar-refractivity contribution < 1.29 is 13.9 Å². The van der Waals surface area contributed by atoms with Crippen LogP contribution in [0.1, 0.15) is 37.2 Å².